The summed E-state index contributed by atoms with van der Waals surface area (Å²) in [6, 6.07) is 13.0. The molecule has 0 saturated carbocycles. The fraction of sp³-hybridized carbons (Fsp3) is 0.435. The van der Waals surface area contributed by atoms with E-state index in [0.29, 0.717) is 0 Å². The first-order chi connectivity index (χ1) is 12.9. The quantitative estimate of drug-likeness (QED) is 0.841. The highest BCUT2D eigenvalue weighted by Crippen LogP contribution is 2.22. The SMILES string of the molecule is Cc1ccc([C@H](C)NC(=O)[C@H]2CCCN(Cc3ccc(F)cc3)C2)cc1C. The average molecular weight is 368 g/mol. The number of halogens is 1. The molecule has 2 aromatic carbocycles. The molecule has 1 N–H and O–H groups in total. The molecular formula is C23H29FN2O. The molecule has 3 rings (SSSR count). The van der Waals surface area contributed by atoms with Gasteiger partial charge in [0.1, 0.15) is 5.82 Å². The molecule has 0 radical (unpaired) electrons. The van der Waals surface area contributed by atoms with Crippen LogP contribution in [0.1, 0.15) is 48.1 Å². The Kier molecular flexibility index (Phi) is 6.27. The number of hydrogen-bond acceptors (Lipinski definition) is 2. The Bertz CT molecular complexity index is 787. The lowest BCUT2D eigenvalue weighted by atomic mass is 9.95. The molecule has 0 spiro atoms. The van der Waals surface area contributed by atoms with E-state index >= 15 is 0 Å². The molecule has 4 heteroatoms. The molecule has 27 heavy (non-hydrogen) atoms. The maximum absolute atomic E-state index is 13.1. The Hall–Kier alpha value is -2.20. The van der Waals surface area contributed by atoms with Gasteiger partial charge in [-0.2, -0.15) is 0 Å². The number of nitrogens with zero attached hydrogens (tertiary/aromatic N) is 1. The van der Waals surface area contributed by atoms with Crippen molar-refractivity contribution in [3.63, 3.8) is 0 Å². The van der Waals surface area contributed by atoms with E-state index in [0.717, 1.165) is 43.6 Å². The van der Waals surface area contributed by atoms with E-state index in [1.54, 1.807) is 0 Å². The van der Waals surface area contributed by atoms with Crippen molar-refractivity contribution in [1.82, 2.24) is 10.2 Å². The monoisotopic (exact) mass is 368 g/mol. The first-order valence-electron chi connectivity index (χ1n) is 9.76. The van der Waals surface area contributed by atoms with E-state index in [4.69, 9.17) is 0 Å². The van der Waals surface area contributed by atoms with Crippen molar-refractivity contribution < 1.29 is 9.18 Å². The van der Waals surface area contributed by atoms with Crippen LogP contribution in [-0.4, -0.2) is 23.9 Å². The maximum Gasteiger partial charge on any atom is 0.224 e. The molecule has 144 valence electrons. The Morgan fingerprint density at radius 3 is 2.63 bits per heavy atom. The number of rotatable bonds is 5. The fourth-order valence-corrected chi connectivity index (χ4v) is 3.71. The molecule has 2 atom stereocenters. The maximum atomic E-state index is 13.1. The molecule has 1 saturated heterocycles. The van der Waals surface area contributed by atoms with Crippen LogP contribution in [0.15, 0.2) is 42.5 Å². The number of carbonyl (C=O) groups is 1. The van der Waals surface area contributed by atoms with Gasteiger partial charge in [-0.25, -0.2) is 4.39 Å². The largest absolute Gasteiger partial charge is 0.349 e. The smallest absolute Gasteiger partial charge is 0.224 e. The van der Waals surface area contributed by atoms with Crippen molar-refractivity contribution in [2.75, 3.05) is 13.1 Å². The van der Waals surface area contributed by atoms with Gasteiger partial charge in [-0.15, -0.1) is 0 Å². The van der Waals surface area contributed by atoms with E-state index in [2.05, 4.69) is 42.3 Å². The van der Waals surface area contributed by atoms with Gasteiger partial charge in [-0.3, -0.25) is 9.69 Å². The molecule has 0 unspecified atom stereocenters. The second kappa shape index (κ2) is 8.66. The summed E-state index contributed by atoms with van der Waals surface area (Å²) in [5, 5.41) is 3.19. The number of carbonyl (C=O) groups excluding carboxylic acids is 1. The first-order valence-corrected chi connectivity index (χ1v) is 9.76. The van der Waals surface area contributed by atoms with Crippen LogP contribution >= 0.6 is 0 Å². The van der Waals surface area contributed by atoms with Crippen LogP contribution in [-0.2, 0) is 11.3 Å². The summed E-state index contributed by atoms with van der Waals surface area (Å²) in [6.45, 7) is 8.73. The minimum Gasteiger partial charge on any atom is -0.349 e. The molecular weight excluding hydrogens is 339 g/mol. The highest BCUT2D eigenvalue weighted by atomic mass is 19.1. The third kappa shape index (κ3) is 5.16. The van der Waals surface area contributed by atoms with E-state index in [9.17, 15) is 9.18 Å². The number of hydrogen-bond donors (Lipinski definition) is 1. The normalized spacial score (nSPS) is 18.9. The summed E-state index contributed by atoms with van der Waals surface area (Å²) >= 11 is 0. The number of nitrogens with one attached hydrogen (secondary N) is 1. The number of likely N-dealkylation sites (tertiary alicyclic amines) is 1. The predicted octanol–water partition coefficient (Wildman–Crippen LogP) is 4.53. The van der Waals surface area contributed by atoms with Gasteiger partial charge in [0.25, 0.3) is 0 Å². The van der Waals surface area contributed by atoms with Gasteiger partial charge < -0.3 is 5.32 Å². The molecule has 1 aliphatic heterocycles. The summed E-state index contributed by atoms with van der Waals surface area (Å²) in [7, 11) is 0. The van der Waals surface area contributed by atoms with Crippen LogP contribution in [0, 0.1) is 25.6 Å². The number of benzene rings is 2. The molecule has 0 aromatic heterocycles. The zero-order chi connectivity index (χ0) is 19.4. The van der Waals surface area contributed by atoms with E-state index in [1.165, 1.54) is 23.3 Å². The van der Waals surface area contributed by atoms with Crippen LogP contribution in [0.2, 0.25) is 0 Å². The second-order valence-corrected chi connectivity index (χ2v) is 7.77. The summed E-state index contributed by atoms with van der Waals surface area (Å²) in [5.41, 5.74) is 4.74. The number of aryl methyl sites for hydroxylation is 2. The Morgan fingerprint density at radius 2 is 1.93 bits per heavy atom. The molecule has 3 nitrogen and oxygen atoms in total. The van der Waals surface area contributed by atoms with Crippen molar-refractivity contribution in [3.05, 3.63) is 70.5 Å². The molecule has 1 amide bonds. The lowest BCUT2D eigenvalue weighted by Gasteiger charge is -2.32. The Morgan fingerprint density at radius 1 is 1.19 bits per heavy atom. The van der Waals surface area contributed by atoms with Crippen LogP contribution in [0.5, 0.6) is 0 Å². The summed E-state index contributed by atoms with van der Waals surface area (Å²) < 4.78 is 13.1. The first kappa shape index (κ1) is 19.6. The van der Waals surface area contributed by atoms with Crippen molar-refractivity contribution in [2.24, 2.45) is 5.92 Å². The van der Waals surface area contributed by atoms with Crippen molar-refractivity contribution in [3.8, 4) is 0 Å². The van der Waals surface area contributed by atoms with Gasteiger partial charge in [-0.1, -0.05) is 30.3 Å². The molecule has 0 aliphatic carbocycles. The average Bonchev–Trinajstić information content (AvgIpc) is 2.66. The zero-order valence-corrected chi connectivity index (χ0v) is 16.5. The summed E-state index contributed by atoms with van der Waals surface area (Å²) in [4.78, 5) is 15.1. The van der Waals surface area contributed by atoms with Crippen molar-refractivity contribution in [2.45, 2.75) is 46.2 Å². The van der Waals surface area contributed by atoms with Gasteiger partial charge in [0, 0.05) is 13.1 Å². The van der Waals surface area contributed by atoms with Crippen molar-refractivity contribution in [1.29, 1.82) is 0 Å². The van der Waals surface area contributed by atoms with Crippen LogP contribution in [0.4, 0.5) is 4.39 Å². The highest BCUT2D eigenvalue weighted by molar-refractivity contribution is 5.79. The number of piperidine rings is 1. The molecule has 2 aromatic rings. The second-order valence-electron chi connectivity index (χ2n) is 7.77. The third-order valence-corrected chi connectivity index (χ3v) is 5.59. The predicted molar refractivity (Wildman–Crippen MR) is 107 cm³/mol. The molecule has 1 fully saturated rings. The van der Waals surface area contributed by atoms with Gasteiger partial charge in [0.2, 0.25) is 5.91 Å². The van der Waals surface area contributed by atoms with Crippen LogP contribution in [0.3, 0.4) is 0 Å². The zero-order valence-electron chi connectivity index (χ0n) is 16.5. The summed E-state index contributed by atoms with van der Waals surface area (Å²) in [5.74, 6) is -0.0762. The van der Waals surface area contributed by atoms with E-state index in [1.807, 2.05) is 19.1 Å². The Labute approximate surface area is 161 Å². The summed E-state index contributed by atoms with van der Waals surface area (Å²) in [6.07, 6.45) is 1.93. The topological polar surface area (TPSA) is 32.3 Å². The minimum absolute atomic E-state index is 0.00396. The van der Waals surface area contributed by atoms with Gasteiger partial charge in [-0.05, 0) is 74.5 Å². The highest BCUT2D eigenvalue weighted by Gasteiger charge is 2.26. The minimum atomic E-state index is -0.213. The van der Waals surface area contributed by atoms with Gasteiger partial charge in [0.05, 0.1) is 12.0 Å². The number of amides is 1. The van der Waals surface area contributed by atoms with E-state index in [-0.39, 0.29) is 23.7 Å². The molecule has 1 heterocycles. The fourth-order valence-electron chi connectivity index (χ4n) is 3.71. The molecule has 0 bridgehead atoms. The third-order valence-electron chi connectivity index (χ3n) is 5.59. The van der Waals surface area contributed by atoms with Crippen molar-refractivity contribution >= 4 is 5.91 Å². The van der Waals surface area contributed by atoms with Crippen LogP contribution < -0.4 is 5.32 Å². The van der Waals surface area contributed by atoms with Gasteiger partial charge in [0.15, 0.2) is 0 Å². The lowest BCUT2D eigenvalue weighted by Crippen LogP contribution is -2.43. The standard InChI is InChI=1S/C23H29FN2O/c1-16-6-9-20(13-17(16)2)18(3)25-23(27)21-5-4-12-26(15-21)14-19-7-10-22(24)11-8-19/h6-11,13,18,21H,4-5,12,14-15H2,1-3H3,(H,25,27)/t18-,21-/m0/s1. The lowest BCUT2D eigenvalue weighted by molar-refractivity contribution is -0.127. The van der Waals surface area contributed by atoms with Crippen LogP contribution in [0.25, 0.3) is 0 Å². The Balaban J connectivity index is 1.57. The van der Waals surface area contributed by atoms with E-state index < -0.39 is 0 Å². The van der Waals surface area contributed by atoms with Gasteiger partial charge >= 0.3 is 0 Å². The molecule has 1 aliphatic rings.